The minimum absolute atomic E-state index is 0.371. The number of nitrogens with two attached hydrogens (primary N) is 1. The molecule has 2 N–H and O–H groups in total. The molecular formula is C17H29N3. The number of nitrogens with zero attached hydrogens (tertiary/aromatic N) is 2. The fourth-order valence-electron chi connectivity index (χ4n) is 3.46. The molecule has 3 heteroatoms. The zero-order chi connectivity index (χ0) is 14.5. The summed E-state index contributed by atoms with van der Waals surface area (Å²) < 4.78 is 0. The molecule has 1 aliphatic heterocycles. The first-order valence-electron chi connectivity index (χ1n) is 7.94. The maximum absolute atomic E-state index is 6.07. The minimum Gasteiger partial charge on any atom is -0.329 e. The van der Waals surface area contributed by atoms with Crippen molar-refractivity contribution in [2.75, 3.05) is 32.7 Å². The van der Waals surface area contributed by atoms with E-state index in [0.717, 1.165) is 26.2 Å². The smallest absolute Gasteiger partial charge is 0.0471 e. The predicted molar refractivity (Wildman–Crippen MR) is 85.9 cm³/mol. The highest BCUT2D eigenvalue weighted by Crippen LogP contribution is 2.26. The number of hydrogen-bond acceptors (Lipinski definition) is 3. The van der Waals surface area contributed by atoms with Crippen LogP contribution in [-0.2, 0) is 0 Å². The Morgan fingerprint density at radius 2 is 2.10 bits per heavy atom. The van der Waals surface area contributed by atoms with Crippen LogP contribution in [-0.4, -0.2) is 48.6 Å². The lowest BCUT2D eigenvalue weighted by molar-refractivity contribution is 0.190. The number of rotatable bonds is 6. The second kappa shape index (κ2) is 7.21. The lowest BCUT2D eigenvalue weighted by Gasteiger charge is -2.30. The highest BCUT2D eigenvalue weighted by Gasteiger charge is 2.30. The van der Waals surface area contributed by atoms with E-state index in [2.05, 4.69) is 54.8 Å². The van der Waals surface area contributed by atoms with Gasteiger partial charge in [-0.2, -0.15) is 0 Å². The molecule has 0 bridgehead atoms. The SMILES string of the molecule is CCN(CC)C1CCN(C(CN)c2cccc(C)c2)C1. The molecule has 1 aromatic carbocycles. The average molecular weight is 275 g/mol. The molecule has 2 atom stereocenters. The van der Waals surface area contributed by atoms with E-state index in [1.165, 1.54) is 17.5 Å². The summed E-state index contributed by atoms with van der Waals surface area (Å²) in [6, 6.07) is 9.86. The van der Waals surface area contributed by atoms with Crippen molar-refractivity contribution in [3.63, 3.8) is 0 Å². The van der Waals surface area contributed by atoms with Gasteiger partial charge in [-0.05, 0) is 32.0 Å². The molecule has 1 saturated heterocycles. The summed E-state index contributed by atoms with van der Waals surface area (Å²) >= 11 is 0. The van der Waals surface area contributed by atoms with E-state index in [4.69, 9.17) is 5.73 Å². The Kier molecular flexibility index (Phi) is 5.58. The number of likely N-dealkylation sites (N-methyl/N-ethyl adjacent to an activating group) is 1. The van der Waals surface area contributed by atoms with Crippen LogP contribution < -0.4 is 5.73 Å². The van der Waals surface area contributed by atoms with Gasteiger partial charge in [-0.3, -0.25) is 9.80 Å². The number of benzene rings is 1. The van der Waals surface area contributed by atoms with Crippen LogP contribution in [0.1, 0.15) is 37.4 Å². The van der Waals surface area contributed by atoms with Crippen LogP contribution in [0.2, 0.25) is 0 Å². The van der Waals surface area contributed by atoms with Gasteiger partial charge >= 0.3 is 0 Å². The molecule has 0 aromatic heterocycles. The first-order chi connectivity index (χ1) is 9.69. The van der Waals surface area contributed by atoms with E-state index in [9.17, 15) is 0 Å². The van der Waals surface area contributed by atoms with Crippen LogP contribution >= 0.6 is 0 Å². The first-order valence-corrected chi connectivity index (χ1v) is 7.94. The third-order valence-corrected chi connectivity index (χ3v) is 4.61. The van der Waals surface area contributed by atoms with E-state index < -0.39 is 0 Å². The van der Waals surface area contributed by atoms with Gasteiger partial charge in [0.2, 0.25) is 0 Å². The summed E-state index contributed by atoms with van der Waals surface area (Å²) in [6.45, 7) is 12.0. The summed E-state index contributed by atoms with van der Waals surface area (Å²) in [4.78, 5) is 5.14. The molecule has 20 heavy (non-hydrogen) atoms. The molecule has 2 unspecified atom stereocenters. The minimum atomic E-state index is 0.371. The quantitative estimate of drug-likeness (QED) is 0.865. The Hall–Kier alpha value is -0.900. The third-order valence-electron chi connectivity index (χ3n) is 4.61. The predicted octanol–water partition coefficient (Wildman–Crippen LogP) is 2.41. The Labute approximate surface area is 123 Å². The highest BCUT2D eigenvalue weighted by molar-refractivity contribution is 5.25. The van der Waals surface area contributed by atoms with Gasteiger partial charge in [0, 0.05) is 31.7 Å². The maximum atomic E-state index is 6.07. The van der Waals surface area contributed by atoms with Gasteiger partial charge in [0.05, 0.1) is 0 Å². The van der Waals surface area contributed by atoms with E-state index in [-0.39, 0.29) is 0 Å². The van der Waals surface area contributed by atoms with Crippen molar-refractivity contribution in [1.82, 2.24) is 9.80 Å². The highest BCUT2D eigenvalue weighted by atomic mass is 15.3. The second-order valence-corrected chi connectivity index (χ2v) is 5.82. The second-order valence-electron chi connectivity index (χ2n) is 5.82. The molecule has 0 saturated carbocycles. The van der Waals surface area contributed by atoms with E-state index >= 15 is 0 Å². The Balaban J connectivity index is 2.06. The normalized spacial score (nSPS) is 21.6. The molecule has 0 spiro atoms. The van der Waals surface area contributed by atoms with E-state index in [0.29, 0.717) is 18.6 Å². The number of hydrogen-bond donors (Lipinski definition) is 1. The Morgan fingerprint density at radius 3 is 2.70 bits per heavy atom. The summed E-state index contributed by atoms with van der Waals surface area (Å²) in [5.74, 6) is 0. The first kappa shape index (κ1) is 15.5. The Bertz CT molecular complexity index is 414. The zero-order valence-electron chi connectivity index (χ0n) is 13.2. The van der Waals surface area contributed by atoms with Crippen molar-refractivity contribution in [3.05, 3.63) is 35.4 Å². The van der Waals surface area contributed by atoms with Crippen LogP contribution in [0.3, 0.4) is 0 Å². The van der Waals surface area contributed by atoms with Crippen LogP contribution in [0.5, 0.6) is 0 Å². The summed E-state index contributed by atoms with van der Waals surface area (Å²) in [6.07, 6.45) is 1.27. The summed E-state index contributed by atoms with van der Waals surface area (Å²) in [5.41, 5.74) is 8.75. The van der Waals surface area contributed by atoms with Crippen molar-refractivity contribution in [1.29, 1.82) is 0 Å². The van der Waals surface area contributed by atoms with Crippen molar-refractivity contribution in [2.45, 2.75) is 39.3 Å². The molecule has 3 nitrogen and oxygen atoms in total. The van der Waals surface area contributed by atoms with Gasteiger partial charge in [-0.1, -0.05) is 43.7 Å². The molecule has 0 amide bonds. The number of aryl methyl sites for hydroxylation is 1. The van der Waals surface area contributed by atoms with E-state index in [1.807, 2.05) is 0 Å². The molecular weight excluding hydrogens is 246 g/mol. The maximum Gasteiger partial charge on any atom is 0.0471 e. The standard InChI is InChI=1S/C17H29N3/c1-4-19(5-2)16-9-10-20(13-16)17(12-18)15-8-6-7-14(3)11-15/h6-8,11,16-17H,4-5,9-10,12-13,18H2,1-3H3. The lowest BCUT2D eigenvalue weighted by atomic mass is 10.0. The zero-order valence-corrected chi connectivity index (χ0v) is 13.2. The average Bonchev–Trinajstić information content (AvgIpc) is 2.91. The molecule has 1 heterocycles. The molecule has 1 aromatic rings. The largest absolute Gasteiger partial charge is 0.329 e. The fourth-order valence-corrected chi connectivity index (χ4v) is 3.46. The number of likely N-dealkylation sites (tertiary alicyclic amines) is 1. The van der Waals surface area contributed by atoms with Gasteiger partial charge in [-0.15, -0.1) is 0 Å². The molecule has 2 rings (SSSR count). The van der Waals surface area contributed by atoms with Gasteiger partial charge in [0.1, 0.15) is 0 Å². The van der Waals surface area contributed by atoms with Gasteiger partial charge in [0.15, 0.2) is 0 Å². The molecule has 0 aliphatic carbocycles. The fraction of sp³-hybridized carbons (Fsp3) is 0.647. The Morgan fingerprint density at radius 1 is 1.35 bits per heavy atom. The molecule has 0 radical (unpaired) electrons. The van der Waals surface area contributed by atoms with Crippen molar-refractivity contribution >= 4 is 0 Å². The summed E-state index contributed by atoms with van der Waals surface area (Å²) in [5, 5.41) is 0. The van der Waals surface area contributed by atoms with Crippen molar-refractivity contribution in [2.24, 2.45) is 5.73 Å². The molecule has 112 valence electrons. The topological polar surface area (TPSA) is 32.5 Å². The van der Waals surface area contributed by atoms with Gasteiger partial charge < -0.3 is 5.73 Å². The summed E-state index contributed by atoms with van der Waals surface area (Å²) in [7, 11) is 0. The molecule has 1 aliphatic rings. The molecule has 1 fully saturated rings. The van der Waals surface area contributed by atoms with Crippen LogP contribution in [0.25, 0.3) is 0 Å². The monoisotopic (exact) mass is 275 g/mol. The van der Waals surface area contributed by atoms with Gasteiger partial charge in [-0.25, -0.2) is 0 Å². The third kappa shape index (κ3) is 3.40. The van der Waals surface area contributed by atoms with Gasteiger partial charge in [0.25, 0.3) is 0 Å². The van der Waals surface area contributed by atoms with Crippen LogP contribution in [0.15, 0.2) is 24.3 Å². The van der Waals surface area contributed by atoms with Crippen molar-refractivity contribution in [3.8, 4) is 0 Å². The lowest BCUT2D eigenvalue weighted by Crippen LogP contribution is -2.39. The van der Waals surface area contributed by atoms with E-state index in [1.54, 1.807) is 0 Å². The van der Waals surface area contributed by atoms with Crippen molar-refractivity contribution < 1.29 is 0 Å². The van der Waals surface area contributed by atoms with Crippen LogP contribution in [0.4, 0.5) is 0 Å². The van der Waals surface area contributed by atoms with Crippen LogP contribution in [0, 0.1) is 6.92 Å².